The Morgan fingerprint density at radius 1 is 1.58 bits per heavy atom. The Bertz CT molecular complexity index is 449. The fraction of sp³-hybridized carbons (Fsp3) is 0.545. The van der Waals surface area contributed by atoms with E-state index in [4.69, 9.17) is 10.2 Å². The topological polar surface area (TPSA) is 103 Å². The summed E-state index contributed by atoms with van der Waals surface area (Å²) in [6.45, 7) is 1.92. The second kappa shape index (κ2) is 7.05. The van der Waals surface area contributed by atoms with Crippen molar-refractivity contribution in [2.24, 2.45) is 0 Å². The lowest BCUT2D eigenvalue weighted by molar-refractivity contribution is -0.139. The number of aliphatic hydroxyl groups excluding tert-OH is 1. The van der Waals surface area contributed by atoms with Crippen molar-refractivity contribution in [1.29, 1.82) is 0 Å². The zero-order valence-electron chi connectivity index (χ0n) is 10.8. The van der Waals surface area contributed by atoms with Crippen LogP contribution in [0.4, 0.5) is 4.79 Å². The minimum absolute atomic E-state index is 0.0193. The van der Waals surface area contributed by atoms with Crippen LogP contribution in [-0.4, -0.2) is 51.8 Å². The number of urea groups is 1. The molecule has 7 nitrogen and oxygen atoms in total. The molecule has 19 heavy (non-hydrogen) atoms. The van der Waals surface area contributed by atoms with Crippen LogP contribution in [0.3, 0.4) is 0 Å². The zero-order valence-corrected chi connectivity index (χ0v) is 11.6. The second-order valence-corrected chi connectivity index (χ2v) is 5.01. The third-order valence-electron chi connectivity index (χ3n) is 2.59. The number of aryl methyl sites for hydroxylation is 1. The number of aliphatic carboxylic acids is 1. The molecule has 106 valence electrons. The molecule has 0 aliphatic rings. The van der Waals surface area contributed by atoms with E-state index in [0.29, 0.717) is 6.54 Å². The summed E-state index contributed by atoms with van der Waals surface area (Å²) in [4.78, 5) is 29.1. The molecule has 1 rings (SSSR count). The first-order valence-electron chi connectivity index (χ1n) is 5.70. The molecule has 1 atom stereocenters. The highest BCUT2D eigenvalue weighted by atomic mass is 32.1. The third kappa shape index (κ3) is 4.49. The van der Waals surface area contributed by atoms with Crippen molar-refractivity contribution in [2.45, 2.75) is 25.9 Å². The van der Waals surface area contributed by atoms with E-state index in [2.05, 4.69) is 10.3 Å². The molecule has 0 aliphatic heterocycles. The Balaban J connectivity index is 2.57. The number of hydrogen-bond donors (Lipinski definition) is 3. The molecule has 0 unspecified atom stereocenters. The van der Waals surface area contributed by atoms with E-state index in [1.165, 1.54) is 16.2 Å². The van der Waals surface area contributed by atoms with Crippen LogP contribution < -0.4 is 5.32 Å². The van der Waals surface area contributed by atoms with E-state index in [-0.39, 0.29) is 13.0 Å². The Morgan fingerprint density at radius 3 is 2.74 bits per heavy atom. The minimum atomic E-state index is -1.16. The molecule has 3 N–H and O–H groups in total. The van der Waals surface area contributed by atoms with Crippen LogP contribution in [0, 0.1) is 6.92 Å². The van der Waals surface area contributed by atoms with Gasteiger partial charge in [0.15, 0.2) is 0 Å². The molecule has 0 spiro atoms. The summed E-state index contributed by atoms with van der Waals surface area (Å²) >= 11 is 1.44. The highest BCUT2D eigenvalue weighted by molar-refractivity contribution is 7.09. The normalized spacial score (nSPS) is 11.9. The van der Waals surface area contributed by atoms with Gasteiger partial charge in [0.25, 0.3) is 0 Å². The molecule has 8 heteroatoms. The van der Waals surface area contributed by atoms with Crippen LogP contribution in [0.1, 0.15) is 17.0 Å². The number of carbonyl (C=O) groups excluding carboxylic acids is 1. The zero-order chi connectivity index (χ0) is 14.4. The van der Waals surface area contributed by atoms with E-state index in [9.17, 15) is 9.59 Å². The Morgan fingerprint density at radius 2 is 2.26 bits per heavy atom. The number of nitrogens with one attached hydrogen (secondary N) is 1. The number of amides is 2. The molecular formula is C11H17N3O4S. The second-order valence-electron chi connectivity index (χ2n) is 4.07. The number of aromatic nitrogens is 1. The van der Waals surface area contributed by atoms with Crippen molar-refractivity contribution >= 4 is 23.3 Å². The lowest BCUT2D eigenvalue weighted by Gasteiger charge is -2.20. The molecule has 0 aliphatic carbocycles. The van der Waals surface area contributed by atoms with Crippen LogP contribution >= 0.6 is 11.3 Å². The Labute approximate surface area is 114 Å². The quantitative estimate of drug-likeness (QED) is 0.704. The van der Waals surface area contributed by atoms with E-state index >= 15 is 0 Å². The highest BCUT2D eigenvalue weighted by Gasteiger charge is 2.21. The first-order chi connectivity index (χ1) is 8.95. The molecule has 1 heterocycles. The summed E-state index contributed by atoms with van der Waals surface area (Å²) < 4.78 is 0. The molecule has 1 aromatic rings. The molecule has 0 bridgehead atoms. The number of hydrogen-bond acceptors (Lipinski definition) is 5. The van der Waals surface area contributed by atoms with Gasteiger partial charge < -0.3 is 20.4 Å². The number of carbonyl (C=O) groups is 2. The third-order valence-corrected chi connectivity index (χ3v) is 3.51. The van der Waals surface area contributed by atoms with Crippen LogP contribution in [-0.2, 0) is 11.3 Å². The van der Waals surface area contributed by atoms with Crippen molar-refractivity contribution < 1.29 is 19.8 Å². The van der Waals surface area contributed by atoms with Gasteiger partial charge in [0, 0.05) is 25.0 Å². The fourth-order valence-electron chi connectivity index (χ4n) is 1.41. The Hall–Kier alpha value is -1.67. The van der Waals surface area contributed by atoms with Gasteiger partial charge in [0.1, 0.15) is 6.04 Å². The van der Waals surface area contributed by atoms with Crippen LogP contribution in [0.2, 0.25) is 0 Å². The summed E-state index contributed by atoms with van der Waals surface area (Å²) in [6.07, 6.45) is -0.0193. The average molecular weight is 287 g/mol. The summed E-state index contributed by atoms with van der Waals surface area (Å²) in [5.41, 5.74) is 2.55. The number of carboxylic acids is 1. The fourth-order valence-corrected chi connectivity index (χ4v) is 2.24. The van der Waals surface area contributed by atoms with E-state index in [0.717, 1.165) is 10.6 Å². The van der Waals surface area contributed by atoms with Gasteiger partial charge in [0.2, 0.25) is 0 Å². The van der Waals surface area contributed by atoms with Crippen molar-refractivity contribution in [3.63, 3.8) is 0 Å². The molecule has 0 saturated heterocycles. The van der Waals surface area contributed by atoms with Gasteiger partial charge >= 0.3 is 12.0 Å². The largest absolute Gasteiger partial charge is 0.480 e. The standard InChI is InChI=1S/C11H17N3O4S/c1-7-9(19-6-12-7)5-14(2)11(18)13-8(3-4-15)10(16)17/h6,8,15H,3-5H2,1-2H3,(H,13,18)(H,16,17)/t8-/m0/s1. The van der Waals surface area contributed by atoms with Crippen molar-refractivity contribution in [3.05, 3.63) is 16.1 Å². The average Bonchev–Trinajstić information content (AvgIpc) is 2.74. The molecule has 0 radical (unpaired) electrons. The van der Waals surface area contributed by atoms with Gasteiger partial charge in [-0.3, -0.25) is 0 Å². The SMILES string of the molecule is Cc1ncsc1CN(C)C(=O)N[C@@H](CCO)C(=O)O. The molecule has 0 aromatic carbocycles. The Kier molecular flexibility index (Phi) is 5.71. The van der Waals surface area contributed by atoms with Crippen LogP contribution in [0.25, 0.3) is 0 Å². The van der Waals surface area contributed by atoms with E-state index in [1.54, 1.807) is 12.6 Å². The monoisotopic (exact) mass is 287 g/mol. The van der Waals surface area contributed by atoms with Gasteiger partial charge in [0.05, 0.1) is 17.7 Å². The number of rotatable bonds is 6. The number of carboxylic acid groups (broad SMARTS) is 1. The number of thiazole rings is 1. The molecule has 2 amide bonds. The lowest BCUT2D eigenvalue weighted by Crippen LogP contribution is -2.46. The predicted molar refractivity (Wildman–Crippen MR) is 70.0 cm³/mol. The van der Waals surface area contributed by atoms with Crippen molar-refractivity contribution in [1.82, 2.24) is 15.2 Å². The van der Waals surface area contributed by atoms with Gasteiger partial charge in [-0.15, -0.1) is 11.3 Å². The first kappa shape index (κ1) is 15.4. The minimum Gasteiger partial charge on any atom is -0.480 e. The maximum atomic E-state index is 11.8. The van der Waals surface area contributed by atoms with E-state index < -0.39 is 18.0 Å². The van der Waals surface area contributed by atoms with Crippen LogP contribution in [0.15, 0.2) is 5.51 Å². The van der Waals surface area contributed by atoms with E-state index in [1.807, 2.05) is 6.92 Å². The lowest BCUT2D eigenvalue weighted by atomic mass is 10.2. The predicted octanol–water partition coefficient (Wildman–Crippen LogP) is 0.429. The summed E-state index contributed by atoms with van der Waals surface area (Å²) in [5, 5.41) is 20.0. The smallest absolute Gasteiger partial charge is 0.326 e. The first-order valence-corrected chi connectivity index (χ1v) is 6.58. The number of aliphatic hydroxyl groups is 1. The molecule has 1 aromatic heterocycles. The summed E-state index contributed by atoms with van der Waals surface area (Å²) in [6, 6.07) is -1.57. The summed E-state index contributed by atoms with van der Waals surface area (Å²) in [7, 11) is 1.58. The molecule has 0 saturated carbocycles. The van der Waals surface area contributed by atoms with Gasteiger partial charge in [-0.1, -0.05) is 0 Å². The molecule has 0 fully saturated rings. The van der Waals surface area contributed by atoms with Gasteiger partial charge in [-0.25, -0.2) is 14.6 Å². The number of nitrogens with zero attached hydrogens (tertiary/aromatic N) is 2. The summed E-state index contributed by atoms with van der Waals surface area (Å²) in [5.74, 6) is -1.16. The highest BCUT2D eigenvalue weighted by Crippen LogP contribution is 2.14. The van der Waals surface area contributed by atoms with Gasteiger partial charge in [-0.2, -0.15) is 0 Å². The maximum absolute atomic E-state index is 11.8. The molecular weight excluding hydrogens is 270 g/mol. The van der Waals surface area contributed by atoms with Gasteiger partial charge in [-0.05, 0) is 6.92 Å². The van der Waals surface area contributed by atoms with Crippen LogP contribution in [0.5, 0.6) is 0 Å². The van der Waals surface area contributed by atoms with Crippen molar-refractivity contribution in [3.8, 4) is 0 Å². The maximum Gasteiger partial charge on any atom is 0.326 e. The van der Waals surface area contributed by atoms with Crippen molar-refractivity contribution in [2.75, 3.05) is 13.7 Å².